The van der Waals surface area contributed by atoms with E-state index in [0.717, 1.165) is 24.5 Å². The van der Waals surface area contributed by atoms with Crippen molar-refractivity contribution in [3.05, 3.63) is 24.3 Å². The van der Waals surface area contributed by atoms with Gasteiger partial charge in [-0.1, -0.05) is 6.07 Å². The summed E-state index contributed by atoms with van der Waals surface area (Å²) >= 11 is 0. The lowest BCUT2D eigenvalue weighted by Crippen LogP contribution is -2.19. The van der Waals surface area contributed by atoms with E-state index in [1.54, 1.807) is 0 Å². The van der Waals surface area contributed by atoms with E-state index in [9.17, 15) is 13.2 Å². The zero-order valence-electron chi connectivity index (χ0n) is 11.9. The average Bonchev–Trinajstić information content (AvgIpc) is 2.91. The second-order valence-electron chi connectivity index (χ2n) is 5.26. The molecule has 0 spiro atoms. The van der Waals surface area contributed by atoms with Crippen LogP contribution < -0.4 is 15.4 Å². The van der Waals surface area contributed by atoms with Gasteiger partial charge in [-0.3, -0.25) is 4.79 Å². The van der Waals surface area contributed by atoms with E-state index in [1.807, 2.05) is 24.3 Å². The predicted octanol–water partition coefficient (Wildman–Crippen LogP) is 1.29. The van der Waals surface area contributed by atoms with Crippen molar-refractivity contribution in [1.29, 1.82) is 0 Å². The number of nitrogens with two attached hydrogens (primary N) is 1. The molecule has 0 aromatic heterocycles. The van der Waals surface area contributed by atoms with Gasteiger partial charge in [0.05, 0.1) is 5.75 Å². The molecule has 7 heteroatoms. The van der Waals surface area contributed by atoms with Gasteiger partial charge in [-0.2, -0.15) is 0 Å². The minimum Gasteiger partial charge on any atom is -0.371 e. The third-order valence-corrected chi connectivity index (χ3v) is 4.29. The van der Waals surface area contributed by atoms with Gasteiger partial charge in [0.15, 0.2) is 0 Å². The number of rotatable bonds is 6. The van der Waals surface area contributed by atoms with E-state index in [4.69, 9.17) is 5.14 Å². The summed E-state index contributed by atoms with van der Waals surface area (Å²) in [6.07, 6.45) is 2.77. The lowest BCUT2D eigenvalue weighted by atomic mass is 10.2. The number of hydrogen-bond donors (Lipinski definition) is 2. The van der Waals surface area contributed by atoms with Crippen LogP contribution in [0.4, 0.5) is 11.4 Å². The molecule has 6 nitrogen and oxygen atoms in total. The zero-order chi connectivity index (χ0) is 15.3. The number of sulfonamides is 1. The zero-order valence-corrected chi connectivity index (χ0v) is 12.7. The fourth-order valence-electron chi connectivity index (χ4n) is 2.41. The van der Waals surface area contributed by atoms with Gasteiger partial charge in [0, 0.05) is 30.9 Å². The second kappa shape index (κ2) is 6.91. The van der Waals surface area contributed by atoms with Crippen LogP contribution in [-0.4, -0.2) is 33.2 Å². The Morgan fingerprint density at radius 2 is 2.00 bits per heavy atom. The fraction of sp³-hybridized carbons (Fsp3) is 0.500. The number of hydrogen-bond acceptors (Lipinski definition) is 4. The molecule has 0 atom stereocenters. The van der Waals surface area contributed by atoms with E-state index in [-0.39, 0.29) is 24.5 Å². The Bertz CT molecular complexity index is 595. The molecular weight excluding hydrogens is 290 g/mol. The van der Waals surface area contributed by atoms with Crippen LogP contribution in [-0.2, 0) is 14.8 Å². The van der Waals surface area contributed by atoms with Crippen molar-refractivity contribution in [3.63, 3.8) is 0 Å². The van der Waals surface area contributed by atoms with E-state index in [1.165, 1.54) is 12.8 Å². The molecule has 1 aliphatic heterocycles. The van der Waals surface area contributed by atoms with Crippen LogP contribution in [0.15, 0.2) is 24.3 Å². The lowest BCUT2D eigenvalue weighted by molar-refractivity contribution is -0.116. The SMILES string of the molecule is NS(=O)(=O)CCCC(=O)Nc1cccc(N2CCCC2)c1. The molecule has 1 aromatic rings. The molecule has 2 rings (SSSR count). The maximum absolute atomic E-state index is 11.8. The van der Waals surface area contributed by atoms with Crippen LogP contribution in [0.5, 0.6) is 0 Å². The van der Waals surface area contributed by atoms with Gasteiger partial charge in [-0.05, 0) is 37.5 Å². The van der Waals surface area contributed by atoms with E-state index >= 15 is 0 Å². The van der Waals surface area contributed by atoms with Gasteiger partial charge in [0.2, 0.25) is 15.9 Å². The summed E-state index contributed by atoms with van der Waals surface area (Å²) in [7, 11) is -3.50. The summed E-state index contributed by atoms with van der Waals surface area (Å²) < 4.78 is 21.6. The normalized spacial score (nSPS) is 15.2. The van der Waals surface area contributed by atoms with Crippen molar-refractivity contribution >= 4 is 27.3 Å². The Morgan fingerprint density at radius 3 is 2.67 bits per heavy atom. The molecule has 1 aliphatic rings. The number of primary sulfonamides is 1. The van der Waals surface area contributed by atoms with Gasteiger partial charge in [0.25, 0.3) is 0 Å². The molecule has 0 bridgehead atoms. The maximum atomic E-state index is 11.8. The van der Waals surface area contributed by atoms with E-state index in [2.05, 4.69) is 10.2 Å². The van der Waals surface area contributed by atoms with E-state index in [0.29, 0.717) is 0 Å². The van der Waals surface area contributed by atoms with Gasteiger partial charge in [-0.25, -0.2) is 13.6 Å². The topological polar surface area (TPSA) is 92.5 Å². The number of carbonyl (C=O) groups is 1. The van der Waals surface area contributed by atoms with Crippen molar-refractivity contribution < 1.29 is 13.2 Å². The molecule has 21 heavy (non-hydrogen) atoms. The second-order valence-corrected chi connectivity index (χ2v) is 7.00. The summed E-state index contributed by atoms with van der Waals surface area (Å²) in [6.45, 7) is 2.09. The molecule has 1 amide bonds. The molecule has 3 N–H and O–H groups in total. The van der Waals surface area contributed by atoms with E-state index < -0.39 is 10.0 Å². The molecule has 0 aliphatic carbocycles. The largest absolute Gasteiger partial charge is 0.371 e. The van der Waals surface area contributed by atoms with Crippen molar-refractivity contribution in [2.75, 3.05) is 29.1 Å². The first kappa shape index (κ1) is 15.8. The van der Waals surface area contributed by atoms with Crippen LogP contribution >= 0.6 is 0 Å². The minimum atomic E-state index is -3.50. The first-order chi connectivity index (χ1) is 9.94. The molecule has 0 saturated carbocycles. The summed E-state index contributed by atoms with van der Waals surface area (Å²) in [5.41, 5.74) is 1.84. The van der Waals surface area contributed by atoms with Gasteiger partial charge >= 0.3 is 0 Å². The van der Waals surface area contributed by atoms with Crippen LogP contribution in [0.3, 0.4) is 0 Å². The Balaban J connectivity index is 1.87. The predicted molar refractivity (Wildman–Crippen MR) is 83.7 cm³/mol. The standard InChI is InChI=1S/C14H21N3O3S/c15-21(19,20)10-4-7-14(18)16-12-5-3-6-13(11-12)17-8-1-2-9-17/h3,5-6,11H,1-2,4,7-10H2,(H,16,18)(H2,15,19,20). The summed E-state index contributed by atoms with van der Waals surface area (Å²) in [4.78, 5) is 14.1. The minimum absolute atomic E-state index is 0.143. The highest BCUT2D eigenvalue weighted by atomic mass is 32.2. The van der Waals surface area contributed by atoms with Crippen LogP contribution in [0, 0.1) is 0 Å². The van der Waals surface area contributed by atoms with Crippen molar-refractivity contribution in [2.24, 2.45) is 5.14 Å². The molecule has 1 heterocycles. The highest BCUT2D eigenvalue weighted by Crippen LogP contribution is 2.23. The van der Waals surface area contributed by atoms with Crippen LogP contribution in [0.2, 0.25) is 0 Å². The first-order valence-electron chi connectivity index (χ1n) is 7.09. The molecule has 116 valence electrons. The number of nitrogens with zero attached hydrogens (tertiary/aromatic N) is 1. The van der Waals surface area contributed by atoms with Gasteiger partial charge < -0.3 is 10.2 Å². The molecule has 1 aromatic carbocycles. The van der Waals surface area contributed by atoms with Crippen LogP contribution in [0.25, 0.3) is 0 Å². The Labute approximate surface area is 125 Å². The van der Waals surface area contributed by atoms with Crippen LogP contribution in [0.1, 0.15) is 25.7 Å². The van der Waals surface area contributed by atoms with Gasteiger partial charge in [-0.15, -0.1) is 0 Å². The number of nitrogens with one attached hydrogen (secondary N) is 1. The van der Waals surface area contributed by atoms with Crippen molar-refractivity contribution in [2.45, 2.75) is 25.7 Å². The smallest absolute Gasteiger partial charge is 0.224 e. The summed E-state index contributed by atoms with van der Waals surface area (Å²) in [5.74, 6) is -0.369. The molecule has 0 unspecified atom stereocenters. The summed E-state index contributed by atoms with van der Waals surface area (Å²) in [5, 5.41) is 7.69. The molecule has 1 saturated heterocycles. The lowest BCUT2D eigenvalue weighted by Gasteiger charge is -2.18. The summed E-state index contributed by atoms with van der Waals surface area (Å²) in [6, 6.07) is 7.72. The number of anilines is 2. The molecule has 0 radical (unpaired) electrons. The third-order valence-electron chi connectivity index (χ3n) is 3.43. The number of carbonyl (C=O) groups excluding carboxylic acids is 1. The van der Waals surface area contributed by atoms with Crippen molar-refractivity contribution in [1.82, 2.24) is 0 Å². The highest BCUT2D eigenvalue weighted by molar-refractivity contribution is 7.89. The molecule has 1 fully saturated rings. The fourth-order valence-corrected chi connectivity index (χ4v) is 2.96. The Hall–Kier alpha value is -1.60. The first-order valence-corrected chi connectivity index (χ1v) is 8.81. The molecular formula is C14H21N3O3S. The third kappa shape index (κ3) is 5.35. The highest BCUT2D eigenvalue weighted by Gasteiger charge is 2.13. The Morgan fingerprint density at radius 1 is 1.29 bits per heavy atom. The number of amides is 1. The maximum Gasteiger partial charge on any atom is 0.224 e. The number of benzene rings is 1. The average molecular weight is 311 g/mol. The van der Waals surface area contributed by atoms with Crippen molar-refractivity contribution in [3.8, 4) is 0 Å². The monoisotopic (exact) mass is 311 g/mol. The Kier molecular flexibility index (Phi) is 5.19. The quantitative estimate of drug-likeness (QED) is 0.828. The van der Waals surface area contributed by atoms with Gasteiger partial charge in [0.1, 0.15) is 0 Å².